The Hall–Kier alpha value is -3.13. The smallest absolute Gasteiger partial charge is 0.338 e. The molecular formula is C22H24N2O5S. The average Bonchev–Trinajstić information content (AvgIpc) is 2.78. The van der Waals surface area contributed by atoms with Gasteiger partial charge in [-0.2, -0.15) is 11.8 Å². The molecular weight excluding hydrogens is 404 g/mol. The second-order valence-corrected chi connectivity index (χ2v) is 7.49. The van der Waals surface area contributed by atoms with E-state index in [1.54, 1.807) is 37.1 Å². The van der Waals surface area contributed by atoms with Crippen LogP contribution < -0.4 is 20.1 Å². The summed E-state index contributed by atoms with van der Waals surface area (Å²) in [7, 11) is 4.41. The van der Waals surface area contributed by atoms with Crippen molar-refractivity contribution < 1.29 is 23.8 Å². The molecule has 0 saturated carbocycles. The number of amides is 2. The predicted octanol–water partition coefficient (Wildman–Crippen LogP) is 3.42. The van der Waals surface area contributed by atoms with E-state index < -0.39 is 12.0 Å². The molecule has 1 heterocycles. The van der Waals surface area contributed by atoms with E-state index in [1.165, 1.54) is 19.8 Å². The van der Waals surface area contributed by atoms with Gasteiger partial charge in [-0.05, 0) is 23.3 Å². The molecule has 0 aromatic heterocycles. The van der Waals surface area contributed by atoms with Gasteiger partial charge in [0.2, 0.25) is 0 Å². The van der Waals surface area contributed by atoms with Gasteiger partial charge in [0.05, 0.1) is 32.9 Å². The molecule has 3 rings (SSSR count). The highest BCUT2D eigenvalue weighted by molar-refractivity contribution is 7.98. The number of esters is 1. The first-order chi connectivity index (χ1) is 14.6. The molecule has 1 aliphatic rings. The van der Waals surface area contributed by atoms with Crippen LogP contribution in [0.25, 0.3) is 0 Å². The predicted molar refractivity (Wildman–Crippen MR) is 116 cm³/mol. The van der Waals surface area contributed by atoms with Crippen molar-refractivity contribution in [2.45, 2.75) is 11.8 Å². The number of hydrogen-bond acceptors (Lipinski definition) is 6. The first kappa shape index (κ1) is 21.6. The molecule has 1 unspecified atom stereocenters. The Balaban J connectivity index is 1.92. The van der Waals surface area contributed by atoms with Gasteiger partial charge < -0.3 is 24.8 Å². The fraction of sp³-hybridized carbons (Fsp3) is 0.273. The molecule has 2 amide bonds. The van der Waals surface area contributed by atoms with Crippen molar-refractivity contribution in [2.24, 2.45) is 0 Å². The lowest BCUT2D eigenvalue weighted by atomic mass is 9.95. The van der Waals surface area contributed by atoms with Gasteiger partial charge in [-0.25, -0.2) is 9.59 Å². The van der Waals surface area contributed by atoms with E-state index >= 15 is 0 Å². The number of carbonyl (C=O) groups is 2. The van der Waals surface area contributed by atoms with E-state index in [9.17, 15) is 9.59 Å². The molecule has 0 spiro atoms. The Morgan fingerprint density at radius 2 is 1.73 bits per heavy atom. The maximum Gasteiger partial charge on any atom is 0.338 e. The molecule has 2 aromatic rings. The van der Waals surface area contributed by atoms with Crippen molar-refractivity contribution in [1.82, 2.24) is 10.6 Å². The zero-order valence-electron chi connectivity index (χ0n) is 17.1. The van der Waals surface area contributed by atoms with Gasteiger partial charge in [0.15, 0.2) is 11.5 Å². The molecule has 2 aromatic carbocycles. The van der Waals surface area contributed by atoms with Crippen LogP contribution in [0.2, 0.25) is 0 Å². The summed E-state index contributed by atoms with van der Waals surface area (Å²) in [5.74, 6) is 1.77. The van der Waals surface area contributed by atoms with E-state index in [0.717, 1.165) is 5.75 Å². The summed E-state index contributed by atoms with van der Waals surface area (Å²) in [6, 6.07) is 14.2. The molecule has 30 heavy (non-hydrogen) atoms. The number of carbonyl (C=O) groups excluding carboxylic acids is 2. The van der Waals surface area contributed by atoms with Gasteiger partial charge >= 0.3 is 12.0 Å². The van der Waals surface area contributed by atoms with Crippen LogP contribution in [0, 0.1) is 0 Å². The van der Waals surface area contributed by atoms with Crippen LogP contribution in [0.1, 0.15) is 17.2 Å². The van der Waals surface area contributed by atoms with E-state index in [-0.39, 0.29) is 6.03 Å². The van der Waals surface area contributed by atoms with Gasteiger partial charge in [-0.15, -0.1) is 0 Å². The van der Waals surface area contributed by atoms with Crippen LogP contribution in [-0.4, -0.2) is 39.1 Å². The van der Waals surface area contributed by atoms with E-state index in [4.69, 9.17) is 14.2 Å². The monoisotopic (exact) mass is 428 g/mol. The number of hydrogen-bond donors (Lipinski definition) is 2. The van der Waals surface area contributed by atoms with Crippen molar-refractivity contribution in [3.63, 3.8) is 0 Å². The summed E-state index contributed by atoms with van der Waals surface area (Å²) in [6.45, 7) is 0. The normalized spacial score (nSPS) is 15.8. The number of nitrogens with one attached hydrogen (secondary N) is 2. The fourth-order valence-electron chi connectivity index (χ4n) is 3.21. The molecule has 7 nitrogen and oxygen atoms in total. The summed E-state index contributed by atoms with van der Waals surface area (Å²) in [5.41, 5.74) is 2.75. The van der Waals surface area contributed by atoms with Crippen molar-refractivity contribution in [3.8, 4) is 11.5 Å². The quantitative estimate of drug-likeness (QED) is 0.627. The van der Waals surface area contributed by atoms with E-state index in [2.05, 4.69) is 10.6 Å². The summed E-state index contributed by atoms with van der Waals surface area (Å²) < 4.78 is 15.7. The molecule has 1 aliphatic heterocycles. The Morgan fingerprint density at radius 1 is 1.00 bits per heavy atom. The highest BCUT2D eigenvalue weighted by Crippen LogP contribution is 2.35. The van der Waals surface area contributed by atoms with E-state index in [1.807, 2.05) is 30.3 Å². The first-order valence-corrected chi connectivity index (χ1v) is 10.4. The topological polar surface area (TPSA) is 85.9 Å². The van der Waals surface area contributed by atoms with Gasteiger partial charge in [-0.3, -0.25) is 0 Å². The standard InChI is InChI=1S/C22H24N2O5S/c1-27-17-10-9-15(11-18(17)28-2)20-19(21(25)29-3)16(23-22(26)24-20)13-30-12-14-7-5-4-6-8-14/h4-11,20H,12-13H2,1-3H3,(H2,23,24,26). The summed E-state index contributed by atoms with van der Waals surface area (Å²) >= 11 is 1.60. The lowest BCUT2D eigenvalue weighted by molar-refractivity contribution is -0.136. The molecule has 2 N–H and O–H groups in total. The third-order valence-corrected chi connectivity index (χ3v) is 5.69. The average molecular weight is 429 g/mol. The zero-order chi connectivity index (χ0) is 21.5. The van der Waals surface area contributed by atoms with Gasteiger partial charge in [-0.1, -0.05) is 36.4 Å². The number of benzene rings is 2. The second-order valence-electron chi connectivity index (χ2n) is 6.51. The number of ether oxygens (including phenoxy) is 3. The summed E-state index contributed by atoms with van der Waals surface area (Å²) in [4.78, 5) is 25.0. The first-order valence-electron chi connectivity index (χ1n) is 9.29. The molecule has 0 radical (unpaired) electrons. The molecule has 0 aliphatic carbocycles. The molecule has 8 heteroatoms. The third kappa shape index (κ3) is 4.88. The van der Waals surface area contributed by atoms with E-state index in [0.29, 0.717) is 34.1 Å². The molecule has 1 atom stereocenters. The fourth-order valence-corrected chi connectivity index (χ4v) is 4.17. The van der Waals surface area contributed by atoms with Crippen molar-refractivity contribution in [3.05, 3.63) is 70.9 Å². The lowest BCUT2D eigenvalue weighted by Gasteiger charge is -2.29. The second kappa shape index (κ2) is 10.1. The van der Waals surface area contributed by atoms with Gasteiger partial charge in [0, 0.05) is 17.2 Å². The van der Waals surface area contributed by atoms with Crippen LogP contribution >= 0.6 is 11.8 Å². The van der Waals surface area contributed by atoms with Gasteiger partial charge in [0.25, 0.3) is 0 Å². The van der Waals surface area contributed by atoms with Crippen LogP contribution in [-0.2, 0) is 15.3 Å². The largest absolute Gasteiger partial charge is 0.493 e. The number of urea groups is 1. The van der Waals surface area contributed by atoms with Crippen molar-refractivity contribution in [1.29, 1.82) is 0 Å². The molecule has 0 bridgehead atoms. The van der Waals surface area contributed by atoms with Crippen molar-refractivity contribution in [2.75, 3.05) is 27.1 Å². The van der Waals surface area contributed by atoms with Crippen LogP contribution in [0.4, 0.5) is 4.79 Å². The lowest BCUT2D eigenvalue weighted by Crippen LogP contribution is -2.46. The number of methoxy groups -OCH3 is 3. The Bertz CT molecular complexity index is 946. The minimum absolute atomic E-state index is 0.366. The Labute approximate surface area is 179 Å². The third-order valence-electron chi connectivity index (χ3n) is 4.66. The summed E-state index contributed by atoms with van der Waals surface area (Å²) in [6.07, 6.45) is 0. The Kier molecular flexibility index (Phi) is 7.24. The highest BCUT2D eigenvalue weighted by Gasteiger charge is 2.33. The van der Waals surface area contributed by atoms with Crippen LogP contribution in [0.3, 0.4) is 0 Å². The maximum absolute atomic E-state index is 12.6. The highest BCUT2D eigenvalue weighted by atomic mass is 32.2. The zero-order valence-corrected chi connectivity index (χ0v) is 17.9. The SMILES string of the molecule is COC(=O)C1=C(CSCc2ccccc2)NC(=O)NC1c1ccc(OC)c(OC)c1. The molecule has 158 valence electrons. The maximum atomic E-state index is 12.6. The minimum atomic E-state index is -0.668. The van der Waals surface area contributed by atoms with Gasteiger partial charge in [0.1, 0.15) is 0 Å². The van der Waals surface area contributed by atoms with Crippen molar-refractivity contribution >= 4 is 23.8 Å². The number of rotatable bonds is 8. The molecule has 0 saturated heterocycles. The number of thioether (sulfide) groups is 1. The molecule has 0 fully saturated rings. The van der Waals surface area contributed by atoms with Crippen LogP contribution in [0.15, 0.2) is 59.8 Å². The minimum Gasteiger partial charge on any atom is -0.493 e. The Morgan fingerprint density at radius 3 is 2.40 bits per heavy atom. The van der Waals surface area contributed by atoms with Crippen LogP contribution in [0.5, 0.6) is 11.5 Å². The summed E-state index contributed by atoms with van der Waals surface area (Å²) in [5, 5.41) is 5.58.